The summed E-state index contributed by atoms with van der Waals surface area (Å²) < 4.78 is 0. The van der Waals surface area contributed by atoms with Gasteiger partial charge in [0, 0.05) is 6.20 Å². The van der Waals surface area contributed by atoms with E-state index < -0.39 is 11.9 Å². The van der Waals surface area contributed by atoms with Crippen LogP contribution in [0.1, 0.15) is 0 Å². The number of benzene rings is 1. The Morgan fingerprint density at radius 1 is 1.06 bits per heavy atom. The molecule has 0 amide bonds. The van der Waals surface area contributed by atoms with Gasteiger partial charge in [-0.05, 0) is 11.5 Å². The number of rotatable bonds is 0. The van der Waals surface area contributed by atoms with Crippen molar-refractivity contribution in [2.24, 2.45) is 0 Å². The smallest absolute Gasteiger partial charge is 0.697 e. The molecule has 0 unspecified atom stereocenters. The van der Waals surface area contributed by atoms with Crippen LogP contribution in [0.5, 0.6) is 0 Å². The Balaban J connectivity index is 0.000000362. The van der Waals surface area contributed by atoms with Gasteiger partial charge >= 0.3 is 29.0 Å². The molecule has 0 spiro atoms. The molecular weight excluding hydrogens is 288 g/mol. The molecule has 2 aromatic rings. The van der Waals surface area contributed by atoms with Crippen molar-refractivity contribution in [2.75, 3.05) is 0 Å². The minimum Gasteiger partial charge on any atom is -0.697 e. The normalized spacial score (nSPS) is 8.67. The van der Waals surface area contributed by atoms with Crippen molar-refractivity contribution in [3.8, 4) is 0 Å². The van der Waals surface area contributed by atoms with E-state index in [0.717, 1.165) is 10.9 Å². The Morgan fingerprint density at radius 3 is 2.11 bits per heavy atom. The van der Waals surface area contributed by atoms with Gasteiger partial charge < -0.3 is 15.9 Å². The Hall–Kier alpha value is -2.11. The number of hydrogen-bond donors (Lipinski definition) is 2. The fourth-order valence-corrected chi connectivity index (χ4v) is 1.10. The van der Waals surface area contributed by atoms with Crippen molar-refractivity contribution in [1.82, 2.24) is 4.98 Å². The van der Waals surface area contributed by atoms with Crippen molar-refractivity contribution >= 4 is 28.5 Å². The zero-order valence-electron chi connectivity index (χ0n) is 8.92. The molecule has 0 aliphatic rings. The summed E-state index contributed by atoms with van der Waals surface area (Å²) in [5.41, 5.74) is 8.76. The van der Waals surface area contributed by atoms with E-state index in [0.29, 0.717) is 5.69 Å². The second-order valence-corrected chi connectivity index (χ2v) is 2.99. The number of carbonyl (C=O) groups is 2. The zero-order chi connectivity index (χ0) is 12.8. The molecule has 18 heavy (non-hydrogen) atoms. The standard InChI is InChI=1S/C9H7N2.C2H2O4.Cu/c10-8-5-1-3-7-4-2-6-11-9(7)8;3-1(4)2(5)6;/h1-6,10H;(H,3,4)(H,5,6);/q-1;;+1. The summed E-state index contributed by atoms with van der Waals surface area (Å²) in [5.74, 6) is -3.65. The molecule has 1 aromatic carbocycles. The van der Waals surface area contributed by atoms with Crippen molar-refractivity contribution in [3.63, 3.8) is 0 Å². The number of para-hydroxylation sites is 1. The van der Waals surface area contributed by atoms with Gasteiger partial charge in [-0.2, -0.15) is 0 Å². The van der Waals surface area contributed by atoms with Crippen LogP contribution in [0.15, 0.2) is 36.5 Å². The number of nitrogens with zero attached hydrogens (tertiary/aromatic N) is 1. The summed E-state index contributed by atoms with van der Waals surface area (Å²) in [6.45, 7) is 0. The second kappa shape index (κ2) is 7.26. The SMILES string of the molecule is O=C(O)C(=O)O.[Cu+].[NH-]c1cccc2cccnc12. The molecule has 1 heterocycles. The number of pyridine rings is 1. The fourth-order valence-electron chi connectivity index (χ4n) is 1.10. The van der Waals surface area contributed by atoms with Gasteiger partial charge in [-0.25, -0.2) is 9.59 Å². The van der Waals surface area contributed by atoms with Crippen LogP contribution in [0, 0.1) is 0 Å². The molecule has 6 nitrogen and oxygen atoms in total. The molecule has 0 fully saturated rings. The molecule has 7 heteroatoms. The van der Waals surface area contributed by atoms with Crippen LogP contribution in [0.4, 0.5) is 5.69 Å². The van der Waals surface area contributed by atoms with Crippen LogP contribution < -0.4 is 0 Å². The Bertz CT molecular complexity index is 542. The Labute approximate surface area is 113 Å². The molecule has 0 aliphatic carbocycles. The summed E-state index contributed by atoms with van der Waals surface area (Å²) in [6, 6.07) is 9.41. The predicted octanol–water partition coefficient (Wildman–Crippen LogP) is 2.07. The van der Waals surface area contributed by atoms with Crippen molar-refractivity contribution in [1.29, 1.82) is 0 Å². The van der Waals surface area contributed by atoms with E-state index in [4.69, 9.17) is 25.5 Å². The van der Waals surface area contributed by atoms with Crippen LogP contribution in [-0.4, -0.2) is 27.1 Å². The van der Waals surface area contributed by atoms with Gasteiger partial charge in [-0.1, -0.05) is 24.3 Å². The molecule has 1 aromatic heterocycles. The third-order valence-electron chi connectivity index (χ3n) is 1.82. The third-order valence-corrected chi connectivity index (χ3v) is 1.82. The first kappa shape index (κ1) is 15.9. The molecule has 0 radical (unpaired) electrons. The number of fused-ring (bicyclic) bond motifs is 1. The molecule has 2 rings (SSSR count). The van der Waals surface area contributed by atoms with Gasteiger partial charge in [-0.15, -0.1) is 5.69 Å². The predicted molar refractivity (Wildman–Crippen MR) is 61.0 cm³/mol. The van der Waals surface area contributed by atoms with Crippen LogP contribution in [-0.2, 0) is 26.7 Å². The molecule has 0 atom stereocenters. The van der Waals surface area contributed by atoms with E-state index in [1.165, 1.54) is 0 Å². The Morgan fingerprint density at radius 2 is 1.61 bits per heavy atom. The van der Waals surface area contributed by atoms with Crippen LogP contribution in [0.3, 0.4) is 0 Å². The van der Waals surface area contributed by atoms with Crippen LogP contribution in [0.2, 0.25) is 0 Å². The maximum Gasteiger partial charge on any atom is 1.00 e. The van der Waals surface area contributed by atoms with Crippen LogP contribution >= 0.6 is 0 Å². The molecule has 98 valence electrons. The van der Waals surface area contributed by atoms with E-state index in [1.807, 2.05) is 24.3 Å². The molecule has 0 bridgehead atoms. The number of hydrogen-bond acceptors (Lipinski definition) is 3. The Kier molecular flexibility index (Phi) is 6.41. The topological polar surface area (TPSA) is 111 Å². The monoisotopic (exact) mass is 296 g/mol. The van der Waals surface area contributed by atoms with Gasteiger partial charge in [0.05, 0.1) is 5.52 Å². The summed E-state index contributed by atoms with van der Waals surface area (Å²) in [7, 11) is 0. The van der Waals surface area contributed by atoms with E-state index in [2.05, 4.69) is 4.98 Å². The quantitative estimate of drug-likeness (QED) is 0.571. The first-order valence-electron chi connectivity index (χ1n) is 4.54. The number of carboxylic acids is 2. The third kappa shape index (κ3) is 4.40. The van der Waals surface area contributed by atoms with Gasteiger partial charge in [0.1, 0.15) is 0 Å². The summed E-state index contributed by atoms with van der Waals surface area (Å²) in [6.07, 6.45) is 1.71. The maximum absolute atomic E-state index is 9.10. The fraction of sp³-hybridized carbons (Fsp3) is 0. The maximum atomic E-state index is 9.10. The number of aromatic nitrogens is 1. The second-order valence-electron chi connectivity index (χ2n) is 2.99. The van der Waals surface area contributed by atoms with Crippen LogP contribution in [0.25, 0.3) is 16.6 Å². The molecule has 0 aliphatic heterocycles. The number of carboxylic acid groups (broad SMARTS) is 2. The van der Waals surface area contributed by atoms with Gasteiger partial charge in [-0.3, -0.25) is 4.98 Å². The van der Waals surface area contributed by atoms with E-state index in [-0.39, 0.29) is 17.1 Å². The summed E-state index contributed by atoms with van der Waals surface area (Å²) in [4.78, 5) is 22.3. The molecule has 0 saturated heterocycles. The van der Waals surface area contributed by atoms with E-state index in [9.17, 15) is 0 Å². The minimum atomic E-state index is -1.82. The average Bonchev–Trinajstić information content (AvgIpc) is 2.30. The average molecular weight is 297 g/mol. The van der Waals surface area contributed by atoms with Crippen molar-refractivity contribution < 1.29 is 36.9 Å². The summed E-state index contributed by atoms with van der Waals surface area (Å²) >= 11 is 0. The molecule has 0 saturated carbocycles. The van der Waals surface area contributed by atoms with Crippen molar-refractivity contribution in [3.05, 3.63) is 42.3 Å². The van der Waals surface area contributed by atoms with E-state index in [1.54, 1.807) is 12.3 Å². The number of aliphatic carboxylic acids is 2. The van der Waals surface area contributed by atoms with Gasteiger partial charge in [0.25, 0.3) is 0 Å². The van der Waals surface area contributed by atoms with Gasteiger partial charge in [0.15, 0.2) is 0 Å². The molecule has 3 N–H and O–H groups in total. The minimum absolute atomic E-state index is 0. The molecular formula is C11H9CuN2O4. The summed E-state index contributed by atoms with van der Waals surface area (Å²) in [5, 5.41) is 15.8. The van der Waals surface area contributed by atoms with Crippen molar-refractivity contribution in [2.45, 2.75) is 0 Å². The number of nitrogens with one attached hydrogen (secondary N) is 1. The zero-order valence-corrected chi connectivity index (χ0v) is 9.87. The largest absolute Gasteiger partial charge is 1.00 e. The first-order valence-corrected chi connectivity index (χ1v) is 4.54. The van der Waals surface area contributed by atoms with Gasteiger partial charge in [0.2, 0.25) is 0 Å². The van der Waals surface area contributed by atoms with E-state index >= 15 is 0 Å². The first-order chi connectivity index (χ1) is 8.02.